The molecule has 1 aliphatic rings. The van der Waals surface area contributed by atoms with E-state index in [1.54, 1.807) is 36.5 Å². The zero-order valence-electron chi connectivity index (χ0n) is 13.4. The van der Waals surface area contributed by atoms with Crippen LogP contribution in [0, 0.1) is 0 Å². The van der Waals surface area contributed by atoms with E-state index in [1.807, 2.05) is 0 Å². The van der Waals surface area contributed by atoms with Crippen LogP contribution >= 0.6 is 0 Å². The highest BCUT2D eigenvalue weighted by Gasteiger charge is 2.26. The lowest BCUT2D eigenvalue weighted by Crippen LogP contribution is -2.54. The van der Waals surface area contributed by atoms with Crippen LogP contribution in [0.15, 0.2) is 41.6 Å². The minimum absolute atomic E-state index is 0.0920. The van der Waals surface area contributed by atoms with Gasteiger partial charge >= 0.3 is 0 Å². The lowest BCUT2D eigenvalue weighted by Gasteiger charge is -2.36. The highest BCUT2D eigenvalue weighted by molar-refractivity contribution is 5.97. The first-order valence-electron chi connectivity index (χ1n) is 7.78. The Morgan fingerprint density at radius 2 is 2.04 bits per heavy atom. The van der Waals surface area contributed by atoms with Gasteiger partial charge in [-0.05, 0) is 13.0 Å². The van der Waals surface area contributed by atoms with Crippen LogP contribution < -0.4 is 10.2 Å². The zero-order valence-corrected chi connectivity index (χ0v) is 13.4. The molecule has 1 saturated heterocycles. The van der Waals surface area contributed by atoms with Crippen LogP contribution in [-0.2, 0) is 4.79 Å². The smallest absolute Gasteiger partial charge is 0.255 e. The molecule has 3 rings (SSSR count). The fraction of sp³-hybridized carbons (Fsp3) is 0.375. The molecule has 0 bridgehead atoms. The number of rotatable bonds is 4. The molecule has 0 unspecified atom stereocenters. The van der Waals surface area contributed by atoms with Crippen molar-refractivity contribution >= 4 is 17.6 Å². The summed E-state index contributed by atoms with van der Waals surface area (Å²) in [6.45, 7) is 4.23. The Labute approximate surface area is 139 Å². The predicted molar refractivity (Wildman–Crippen MR) is 86.5 cm³/mol. The number of carbonyl (C=O) groups excluding carboxylic acids is 2. The Morgan fingerprint density at radius 1 is 1.25 bits per heavy atom. The average Bonchev–Trinajstić information content (AvgIpc) is 3.17. The van der Waals surface area contributed by atoms with Crippen molar-refractivity contribution in [1.82, 2.24) is 20.2 Å². The summed E-state index contributed by atoms with van der Waals surface area (Å²) in [6, 6.07) is 0.974. The molecule has 2 aromatic heterocycles. The molecule has 1 atom stereocenters. The lowest BCUT2D eigenvalue weighted by atomic mass is 10.2. The van der Waals surface area contributed by atoms with Crippen LogP contribution in [0.4, 0.5) is 5.82 Å². The van der Waals surface area contributed by atoms with Crippen LogP contribution in [0.3, 0.4) is 0 Å². The average molecular weight is 329 g/mol. The normalized spacial score (nSPS) is 15.9. The van der Waals surface area contributed by atoms with Crippen molar-refractivity contribution in [3.8, 4) is 0 Å². The van der Waals surface area contributed by atoms with Crippen LogP contribution in [-0.4, -0.2) is 58.9 Å². The Balaban J connectivity index is 1.52. The van der Waals surface area contributed by atoms with Gasteiger partial charge in [-0.1, -0.05) is 0 Å². The highest BCUT2D eigenvalue weighted by Crippen LogP contribution is 2.12. The van der Waals surface area contributed by atoms with E-state index in [2.05, 4.69) is 20.2 Å². The van der Waals surface area contributed by atoms with E-state index in [4.69, 9.17) is 4.42 Å². The maximum absolute atomic E-state index is 12.5. The van der Waals surface area contributed by atoms with Crippen LogP contribution in [0.25, 0.3) is 0 Å². The van der Waals surface area contributed by atoms with Crippen molar-refractivity contribution in [2.45, 2.75) is 13.0 Å². The fourth-order valence-corrected chi connectivity index (χ4v) is 2.62. The van der Waals surface area contributed by atoms with Gasteiger partial charge in [0.25, 0.3) is 5.91 Å². The first-order chi connectivity index (χ1) is 11.6. The summed E-state index contributed by atoms with van der Waals surface area (Å²) in [5.74, 6) is 0.402. The molecule has 24 heavy (non-hydrogen) atoms. The number of nitrogens with one attached hydrogen (secondary N) is 1. The van der Waals surface area contributed by atoms with E-state index in [1.165, 1.54) is 12.5 Å². The second-order valence-electron chi connectivity index (χ2n) is 5.58. The Kier molecular flexibility index (Phi) is 4.74. The van der Waals surface area contributed by atoms with E-state index in [9.17, 15) is 9.59 Å². The summed E-state index contributed by atoms with van der Waals surface area (Å²) in [6.07, 6.45) is 7.78. The van der Waals surface area contributed by atoms with E-state index in [-0.39, 0.29) is 11.8 Å². The molecule has 3 heterocycles. The summed E-state index contributed by atoms with van der Waals surface area (Å²) in [5, 5.41) is 2.70. The Morgan fingerprint density at radius 3 is 2.67 bits per heavy atom. The summed E-state index contributed by atoms with van der Waals surface area (Å²) >= 11 is 0. The third kappa shape index (κ3) is 3.53. The van der Waals surface area contributed by atoms with Gasteiger partial charge in [-0.3, -0.25) is 14.6 Å². The van der Waals surface area contributed by atoms with Crippen LogP contribution in [0.5, 0.6) is 0 Å². The van der Waals surface area contributed by atoms with Crippen molar-refractivity contribution in [3.05, 3.63) is 42.7 Å². The second-order valence-corrected chi connectivity index (χ2v) is 5.58. The van der Waals surface area contributed by atoms with Crippen molar-refractivity contribution in [2.24, 2.45) is 0 Å². The van der Waals surface area contributed by atoms with Crippen molar-refractivity contribution < 1.29 is 14.0 Å². The first kappa shape index (κ1) is 16.0. The summed E-state index contributed by atoms with van der Waals surface area (Å²) in [4.78, 5) is 36.6. The summed E-state index contributed by atoms with van der Waals surface area (Å²) in [7, 11) is 0. The van der Waals surface area contributed by atoms with Crippen molar-refractivity contribution in [2.75, 3.05) is 31.1 Å². The van der Waals surface area contributed by atoms with E-state index >= 15 is 0 Å². The maximum atomic E-state index is 12.5. The molecular weight excluding hydrogens is 310 g/mol. The molecule has 126 valence electrons. The number of aromatic nitrogens is 2. The number of piperazine rings is 1. The van der Waals surface area contributed by atoms with Crippen molar-refractivity contribution in [3.63, 3.8) is 0 Å². The summed E-state index contributed by atoms with van der Waals surface area (Å²) in [5.41, 5.74) is 0.405. The summed E-state index contributed by atoms with van der Waals surface area (Å²) < 4.78 is 4.88. The van der Waals surface area contributed by atoms with Gasteiger partial charge in [0.05, 0.1) is 18.0 Å². The van der Waals surface area contributed by atoms with Gasteiger partial charge in [0.1, 0.15) is 18.1 Å². The molecular formula is C16H19N5O3. The quantitative estimate of drug-likeness (QED) is 0.880. The maximum Gasteiger partial charge on any atom is 0.255 e. The van der Waals surface area contributed by atoms with Gasteiger partial charge in [0.15, 0.2) is 0 Å². The minimum atomic E-state index is -0.588. The molecule has 8 nitrogen and oxygen atoms in total. The number of furan rings is 1. The lowest BCUT2D eigenvalue weighted by molar-refractivity contribution is -0.133. The SMILES string of the molecule is C[C@@H](NC(=O)c1ccoc1)C(=O)N1CCN(c2cnccn2)CC1. The number of anilines is 1. The number of carbonyl (C=O) groups is 2. The third-order valence-electron chi connectivity index (χ3n) is 3.97. The molecule has 2 amide bonds. The predicted octanol–water partition coefficient (Wildman–Crippen LogP) is 0.537. The highest BCUT2D eigenvalue weighted by atomic mass is 16.3. The van der Waals surface area contributed by atoms with Crippen LogP contribution in [0.1, 0.15) is 17.3 Å². The molecule has 0 aromatic carbocycles. The molecule has 0 radical (unpaired) electrons. The minimum Gasteiger partial charge on any atom is -0.472 e. The van der Waals surface area contributed by atoms with Gasteiger partial charge in [0, 0.05) is 38.6 Å². The van der Waals surface area contributed by atoms with Gasteiger partial charge in [-0.2, -0.15) is 0 Å². The molecule has 0 saturated carbocycles. The van der Waals surface area contributed by atoms with E-state index in [0.717, 1.165) is 5.82 Å². The van der Waals surface area contributed by atoms with Gasteiger partial charge < -0.3 is 19.5 Å². The zero-order chi connectivity index (χ0) is 16.9. The van der Waals surface area contributed by atoms with Gasteiger partial charge in [-0.15, -0.1) is 0 Å². The molecule has 8 heteroatoms. The third-order valence-corrected chi connectivity index (χ3v) is 3.97. The monoisotopic (exact) mass is 329 g/mol. The van der Waals surface area contributed by atoms with Crippen molar-refractivity contribution in [1.29, 1.82) is 0 Å². The second kappa shape index (κ2) is 7.12. The number of hydrogen-bond donors (Lipinski definition) is 1. The Bertz CT molecular complexity index is 681. The fourth-order valence-electron chi connectivity index (χ4n) is 2.62. The molecule has 1 N–H and O–H groups in total. The standard InChI is InChI=1S/C16H19N5O3/c1-12(19-15(22)13-2-9-24-11-13)16(23)21-7-5-20(6-8-21)14-10-17-3-4-18-14/h2-4,9-12H,5-8H2,1H3,(H,19,22)/t12-/m1/s1. The molecule has 0 spiro atoms. The topological polar surface area (TPSA) is 91.6 Å². The van der Waals surface area contributed by atoms with E-state index in [0.29, 0.717) is 31.7 Å². The molecule has 1 fully saturated rings. The van der Waals surface area contributed by atoms with Gasteiger partial charge in [0.2, 0.25) is 5.91 Å². The number of amides is 2. The molecule has 0 aliphatic carbocycles. The first-order valence-corrected chi connectivity index (χ1v) is 7.78. The largest absolute Gasteiger partial charge is 0.472 e. The molecule has 2 aromatic rings. The van der Waals surface area contributed by atoms with Crippen LogP contribution in [0.2, 0.25) is 0 Å². The molecule has 1 aliphatic heterocycles. The number of nitrogens with zero attached hydrogens (tertiary/aromatic N) is 4. The Hall–Kier alpha value is -2.90. The van der Waals surface area contributed by atoms with E-state index < -0.39 is 6.04 Å². The number of hydrogen-bond acceptors (Lipinski definition) is 6. The van der Waals surface area contributed by atoms with Gasteiger partial charge in [-0.25, -0.2) is 4.98 Å².